The van der Waals surface area contributed by atoms with E-state index in [9.17, 15) is 14.0 Å². The summed E-state index contributed by atoms with van der Waals surface area (Å²) >= 11 is 6.57. The van der Waals surface area contributed by atoms with Crippen LogP contribution in [0, 0.1) is 12.7 Å². The number of nitrogens with one attached hydrogen (secondary N) is 1. The first-order chi connectivity index (χ1) is 17.2. The number of rotatable bonds is 9. The van der Waals surface area contributed by atoms with Gasteiger partial charge in [-0.3, -0.25) is 18.9 Å². The predicted molar refractivity (Wildman–Crippen MR) is 146 cm³/mol. The SMILES string of the molecule is Cc1cccn2c(=O)c(/C=C3\SC(=S)N(Cc4ccc(F)cc4)C3=O)c(NCCCOC(C)C)nc12. The number of nitrogens with zero attached hydrogens (tertiary/aromatic N) is 3. The van der Waals surface area contributed by atoms with E-state index in [1.54, 1.807) is 30.5 Å². The van der Waals surface area contributed by atoms with Gasteiger partial charge in [0, 0.05) is 19.3 Å². The molecule has 0 spiro atoms. The number of hydrogen-bond acceptors (Lipinski definition) is 7. The Balaban J connectivity index is 1.65. The van der Waals surface area contributed by atoms with E-state index in [-0.39, 0.29) is 35.5 Å². The van der Waals surface area contributed by atoms with Crippen LogP contribution in [0.3, 0.4) is 0 Å². The van der Waals surface area contributed by atoms with Gasteiger partial charge in [0.2, 0.25) is 0 Å². The largest absolute Gasteiger partial charge is 0.379 e. The van der Waals surface area contributed by atoms with Gasteiger partial charge < -0.3 is 10.1 Å². The van der Waals surface area contributed by atoms with Crippen molar-refractivity contribution in [2.24, 2.45) is 0 Å². The Kier molecular flexibility index (Phi) is 8.17. The highest BCUT2D eigenvalue weighted by atomic mass is 32.2. The molecule has 0 bridgehead atoms. The molecule has 10 heteroatoms. The molecule has 36 heavy (non-hydrogen) atoms. The zero-order valence-electron chi connectivity index (χ0n) is 20.3. The number of carbonyl (C=O) groups excluding carboxylic acids is 1. The van der Waals surface area contributed by atoms with Crippen molar-refractivity contribution in [2.45, 2.75) is 39.8 Å². The highest BCUT2D eigenvalue weighted by molar-refractivity contribution is 8.26. The Morgan fingerprint density at radius 1 is 1.22 bits per heavy atom. The Morgan fingerprint density at radius 2 is 1.97 bits per heavy atom. The summed E-state index contributed by atoms with van der Waals surface area (Å²) in [4.78, 5) is 33.2. The Bertz CT molecular complexity index is 1390. The van der Waals surface area contributed by atoms with Crippen LogP contribution in [0.5, 0.6) is 0 Å². The summed E-state index contributed by atoms with van der Waals surface area (Å²) in [6, 6.07) is 9.60. The molecule has 1 amide bonds. The topological polar surface area (TPSA) is 75.9 Å². The maximum Gasteiger partial charge on any atom is 0.267 e. The molecule has 2 aromatic heterocycles. The van der Waals surface area contributed by atoms with Gasteiger partial charge in [-0.25, -0.2) is 9.37 Å². The van der Waals surface area contributed by atoms with Gasteiger partial charge in [-0.1, -0.05) is 42.2 Å². The molecule has 0 aliphatic carbocycles. The number of halogens is 1. The number of thiocarbonyl (C=S) groups is 1. The summed E-state index contributed by atoms with van der Waals surface area (Å²) in [5.41, 5.74) is 2.16. The lowest BCUT2D eigenvalue weighted by Crippen LogP contribution is -2.27. The van der Waals surface area contributed by atoms with Crippen molar-refractivity contribution >= 4 is 51.7 Å². The fourth-order valence-electron chi connectivity index (χ4n) is 3.71. The van der Waals surface area contributed by atoms with E-state index in [1.165, 1.54) is 21.4 Å². The number of pyridine rings is 1. The average Bonchev–Trinajstić information content (AvgIpc) is 3.10. The van der Waals surface area contributed by atoms with Crippen molar-refractivity contribution in [1.82, 2.24) is 14.3 Å². The first kappa shape index (κ1) is 26.0. The second kappa shape index (κ2) is 11.3. The Hall–Kier alpha value is -3.08. The minimum atomic E-state index is -0.348. The molecule has 1 aromatic carbocycles. The van der Waals surface area contributed by atoms with Crippen LogP contribution in [0.4, 0.5) is 10.2 Å². The molecule has 1 aliphatic heterocycles. The van der Waals surface area contributed by atoms with Crippen LogP contribution in [-0.2, 0) is 16.1 Å². The molecule has 188 valence electrons. The van der Waals surface area contributed by atoms with E-state index in [0.29, 0.717) is 33.8 Å². The van der Waals surface area contributed by atoms with Gasteiger partial charge in [0.15, 0.2) is 0 Å². The monoisotopic (exact) mass is 526 g/mol. The van der Waals surface area contributed by atoms with E-state index in [1.807, 2.05) is 26.8 Å². The number of fused-ring (bicyclic) bond motifs is 1. The molecule has 3 aromatic rings. The van der Waals surface area contributed by atoms with Crippen molar-refractivity contribution < 1.29 is 13.9 Å². The van der Waals surface area contributed by atoms with E-state index in [0.717, 1.165) is 29.3 Å². The lowest BCUT2D eigenvalue weighted by atomic mass is 10.2. The van der Waals surface area contributed by atoms with Crippen LogP contribution >= 0.6 is 24.0 Å². The number of amides is 1. The van der Waals surface area contributed by atoms with E-state index < -0.39 is 0 Å². The number of benzene rings is 1. The third kappa shape index (κ3) is 5.83. The maximum absolute atomic E-state index is 13.5. The zero-order chi connectivity index (χ0) is 25.8. The molecule has 1 fully saturated rings. The van der Waals surface area contributed by atoms with Gasteiger partial charge in [0.25, 0.3) is 11.5 Å². The molecule has 0 radical (unpaired) electrons. The van der Waals surface area contributed by atoms with E-state index in [4.69, 9.17) is 21.9 Å². The van der Waals surface area contributed by atoms with E-state index >= 15 is 0 Å². The minimum Gasteiger partial charge on any atom is -0.379 e. The molecule has 0 atom stereocenters. The number of anilines is 1. The highest BCUT2D eigenvalue weighted by Gasteiger charge is 2.32. The fraction of sp³-hybridized carbons (Fsp3) is 0.308. The Labute approximate surface area is 218 Å². The number of aromatic nitrogens is 2. The van der Waals surface area contributed by atoms with Crippen LogP contribution in [0.1, 0.15) is 37.0 Å². The fourth-order valence-corrected chi connectivity index (χ4v) is 4.95. The van der Waals surface area contributed by atoms with Gasteiger partial charge in [-0.15, -0.1) is 0 Å². The summed E-state index contributed by atoms with van der Waals surface area (Å²) < 4.78 is 20.7. The van der Waals surface area contributed by atoms with Crippen LogP contribution in [0.15, 0.2) is 52.3 Å². The van der Waals surface area contributed by atoms with Gasteiger partial charge in [-0.2, -0.15) is 0 Å². The summed E-state index contributed by atoms with van der Waals surface area (Å²) in [7, 11) is 0. The van der Waals surface area contributed by atoms with Crippen molar-refractivity contribution in [3.63, 3.8) is 0 Å². The molecule has 0 saturated carbocycles. The molecule has 1 saturated heterocycles. The predicted octanol–water partition coefficient (Wildman–Crippen LogP) is 4.77. The standard InChI is InChI=1S/C26H27FN4O3S2/c1-16(2)34-13-5-11-28-22-20(24(32)30-12-4-6-17(3)23(30)29-22)14-21-25(33)31(26(35)36-21)15-18-7-9-19(27)10-8-18/h4,6-10,12,14,16,28H,5,11,13,15H2,1-3H3/b21-14-. The number of ether oxygens (including phenoxy) is 1. The summed E-state index contributed by atoms with van der Waals surface area (Å²) in [5, 5.41) is 3.25. The third-order valence-electron chi connectivity index (χ3n) is 5.55. The maximum atomic E-state index is 13.5. The number of aryl methyl sites for hydroxylation is 1. The van der Waals surface area contributed by atoms with Crippen LogP contribution in [0.25, 0.3) is 11.7 Å². The summed E-state index contributed by atoms with van der Waals surface area (Å²) in [6.07, 6.45) is 4.09. The smallest absolute Gasteiger partial charge is 0.267 e. The molecule has 1 N–H and O–H groups in total. The van der Waals surface area contributed by atoms with Gasteiger partial charge in [0.1, 0.15) is 21.6 Å². The normalized spacial score (nSPS) is 15.0. The first-order valence-electron chi connectivity index (χ1n) is 11.6. The number of hydrogen-bond donors (Lipinski definition) is 1. The molecule has 7 nitrogen and oxygen atoms in total. The molecule has 4 rings (SSSR count). The van der Waals surface area contributed by atoms with E-state index in [2.05, 4.69) is 5.32 Å². The van der Waals surface area contributed by atoms with Crippen LogP contribution < -0.4 is 10.9 Å². The number of carbonyl (C=O) groups is 1. The van der Waals surface area contributed by atoms with Crippen molar-refractivity contribution in [3.05, 3.63) is 80.4 Å². The van der Waals surface area contributed by atoms with Gasteiger partial charge in [-0.05, 0) is 62.6 Å². The number of thioether (sulfide) groups is 1. The van der Waals surface area contributed by atoms with Crippen molar-refractivity contribution in [2.75, 3.05) is 18.5 Å². The second-order valence-electron chi connectivity index (χ2n) is 8.66. The van der Waals surface area contributed by atoms with Crippen molar-refractivity contribution in [3.8, 4) is 0 Å². The Morgan fingerprint density at radius 3 is 2.69 bits per heavy atom. The minimum absolute atomic E-state index is 0.142. The average molecular weight is 527 g/mol. The zero-order valence-corrected chi connectivity index (χ0v) is 21.9. The highest BCUT2D eigenvalue weighted by Crippen LogP contribution is 2.34. The lowest BCUT2D eigenvalue weighted by Gasteiger charge is -2.14. The van der Waals surface area contributed by atoms with Crippen molar-refractivity contribution in [1.29, 1.82) is 0 Å². The van der Waals surface area contributed by atoms with Gasteiger partial charge in [0.05, 0.1) is 23.1 Å². The molecule has 1 aliphatic rings. The molecular formula is C26H27FN4O3S2. The summed E-state index contributed by atoms with van der Waals surface area (Å²) in [6.45, 7) is 7.19. The lowest BCUT2D eigenvalue weighted by molar-refractivity contribution is -0.122. The quantitative estimate of drug-likeness (QED) is 0.245. The second-order valence-corrected chi connectivity index (χ2v) is 10.3. The summed E-state index contributed by atoms with van der Waals surface area (Å²) in [5.74, 6) is -0.249. The van der Waals surface area contributed by atoms with Gasteiger partial charge >= 0.3 is 0 Å². The molecule has 0 unspecified atom stereocenters. The molecular weight excluding hydrogens is 499 g/mol. The molecule has 3 heterocycles. The van der Waals surface area contributed by atoms with Crippen LogP contribution in [-0.4, -0.2) is 43.8 Å². The third-order valence-corrected chi connectivity index (χ3v) is 6.93. The first-order valence-corrected chi connectivity index (χ1v) is 12.8. The van der Waals surface area contributed by atoms with Crippen LogP contribution in [0.2, 0.25) is 0 Å².